The average molecular weight is 525 g/mol. The first-order valence-electron chi connectivity index (χ1n) is 10.6. The number of alkyl halides is 3. The molecule has 1 aliphatic carbocycles. The van der Waals surface area contributed by atoms with Gasteiger partial charge in [0, 0.05) is 5.69 Å². The maximum Gasteiger partial charge on any atom is 0.416 e. The second-order valence-corrected chi connectivity index (χ2v) is 8.28. The van der Waals surface area contributed by atoms with E-state index < -0.39 is 53.9 Å². The minimum absolute atomic E-state index is 0.0434. The maximum absolute atomic E-state index is 12.8. The van der Waals surface area contributed by atoms with Gasteiger partial charge in [-0.25, -0.2) is 4.79 Å². The number of nitrogens with one attached hydrogen (secondary N) is 2. The Morgan fingerprint density at radius 1 is 0.972 bits per heavy atom. The first-order valence-corrected chi connectivity index (χ1v) is 11.0. The number of carbonyl (C=O) groups is 4. The van der Waals surface area contributed by atoms with Crippen LogP contribution in [0.3, 0.4) is 0 Å². The van der Waals surface area contributed by atoms with E-state index in [2.05, 4.69) is 10.6 Å². The molecule has 0 heterocycles. The van der Waals surface area contributed by atoms with Crippen molar-refractivity contribution < 1.29 is 42.2 Å². The largest absolute Gasteiger partial charge is 0.481 e. The molecule has 0 spiro atoms. The van der Waals surface area contributed by atoms with Gasteiger partial charge in [0.05, 0.1) is 33.7 Å². The summed E-state index contributed by atoms with van der Waals surface area (Å²) in [5.41, 5.74) is -0.926. The average Bonchev–Trinajstić information content (AvgIpc) is 2.83. The van der Waals surface area contributed by atoms with Crippen LogP contribution in [0.4, 0.5) is 24.5 Å². The molecule has 2 aromatic carbocycles. The molecule has 0 saturated carbocycles. The van der Waals surface area contributed by atoms with E-state index in [9.17, 15) is 37.5 Å². The summed E-state index contributed by atoms with van der Waals surface area (Å²) in [6, 6.07) is 7.89. The number of carboxylic acid groups (broad SMARTS) is 1. The summed E-state index contributed by atoms with van der Waals surface area (Å²) >= 11 is 5.82. The molecule has 2 atom stereocenters. The highest BCUT2D eigenvalue weighted by atomic mass is 35.5. The third-order valence-corrected chi connectivity index (χ3v) is 5.71. The predicted molar refractivity (Wildman–Crippen MR) is 123 cm³/mol. The number of amides is 2. The van der Waals surface area contributed by atoms with Gasteiger partial charge in [-0.3, -0.25) is 14.4 Å². The number of hydrogen-bond acceptors (Lipinski definition) is 5. The van der Waals surface area contributed by atoms with Crippen molar-refractivity contribution >= 4 is 46.7 Å². The summed E-state index contributed by atoms with van der Waals surface area (Å²) < 4.78 is 43.4. The van der Waals surface area contributed by atoms with Crippen LogP contribution < -0.4 is 10.6 Å². The first kappa shape index (κ1) is 26.7. The molecule has 0 radical (unpaired) electrons. The lowest BCUT2D eigenvalue weighted by molar-refractivity contribution is -0.146. The fourth-order valence-electron chi connectivity index (χ4n) is 3.50. The zero-order chi connectivity index (χ0) is 26.5. The Hall–Kier alpha value is -3.86. The van der Waals surface area contributed by atoms with Crippen molar-refractivity contribution in [2.45, 2.75) is 19.0 Å². The number of benzene rings is 2. The lowest BCUT2D eigenvalue weighted by Crippen LogP contribution is -2.34. The summed E-state index contributed by atoms with van der Waals surface area (Å²) in [6.45, 7) is -0.782. The molecule has 0 bridgehead atoms. The molecule has 36 heavy (non-hydrogen) atoms. The van der Waals surface area contributed by atoms with Crippen LogP contribution in [0.5, 0.6) is 0 Å². The van der Waals surface area contributed by atoms with Gasteiger partial charge >= 0.3 is 18.1 Å². The molecule has 0 aromatic heterocycles. The van der Waals surface area contributed by atoms with Crippen LogP contribution in [-0.4, -0.2) is 35.5 Å². The van der Waals surface area contributed by atoms with Gasteiger partial charge in [0.15, 0.2) is 6.61 Å². The van der Waals surface area contributed by atoms with Gasteiger partial charge < -0.3 is 20.5 Å². The molecule has 2 amide bonds. The molecule has 0 saturated heterocycles. The minimum Gasteiger partial charge on any atom is -0.481 e. The van der Waals surface area contributed by atoms with Crippen molar-refractivity contribution in [1.29, 1.82) is 0 Å². The zero-order valence-corrected chi connectivity index (χ0v) is 19.2. The Kier molecular flexibility index (Phi) is 8.36. The lowest BCUT2D eigenvalue weighted by atomic mass is 9.82. The van der Waals surface area contributed by atoms with Gasteiger partial charge in [-0.1, -0.05) is 23.8 Å². The van der Waals surface area contributed by atoms with Crippen molar-refractivity contribution in [2.24, 2.45) is 11.8 Å². The molecule has 3 N–H and O–H groups in total. The van der Waals surface area contributed by atoms with Crippen molar-refractivity contribution in [3.8, 4) is 0 Å². The first-order chi connectivity index (χ1) is 17.0. The Morgan fingerprint density at radius 2 is 1.61 bits per heavy atom. The monoisotopic (exact) mass is 524 g/mol. The van der Waals surface area contributed by atoms with E-state index in [1.807, 2.05) is 0 Å². The predicted octanol–water partition coefficient (Wildman–Crippen LogP) is 4.76. The zero-order valence-electron chi connectivity index (χ0n) is 18.5. The number of halogens is 4. The summed E-state index contributed by atoms with van der Waals surface area (Å²) in [6.07, 6.45) is -0.613. The van der Waals surface area contributed by atoms with E-state index in [1.165, 1.54) is 24.3 Å². The summed E-state index contributed by atoms with van der Waals surface area (Å²) in [5, 5.41) is 14.0. The molecule has 0 fully saturated rings. The highest BCUT2D eigenvalue weighted by Gasteiger charge is 2.34. The van der Waals surface area contributed by atoms with Gasteiger partial charge in [0.2, 0.25) is 5.91 Å². The molecular weight excluding hydrogens is 505 g/mol. The molecule has 12 heteroatoms. The van der Waals surface area contributed by atoms with Gasteiger partial charge in [-0.15, -0.1) is 0 Å². The van der Waals surface area contributed by atoms with Gasteiger partial charge in [0.1, 0.15) is 0 Å². The van der Waals surface area contributed by atoms with Crippen LogP contribution in [0.1, 0.15) is 28.8 Å². The van der Waals surface area contributed by atoms with Gasteiger partial charge in [-0.05, 0) is 55.3 Å². The topological polar surface area (TPSA) is 122 Å². The van der Waals surface area contributed by atoms with Crippen LogP contribution >= 0.6 is 11.6 Å². The van der Waals surface area contributed by atoms with Crippen molar-refractivity contribution in [2.75, 3.05) is 17.2 Å². The van der Waals surface area contributed by atoms with E-state index in [0.717, 1.165) is 12.1 Å². The summed E-state index contributed by atoms with van der Waals surface area (Å²) in [5.74, 6) is -4.88. The van der Waals surface area contributed by atoms with Crippen LogP contribution in [-0.2, 0) is 25.3 Å². The fourth-order valence-corrected chi connectivity index (χ4v) is 3.66. The number of hydrogen-bond donors (Lipinski definition) is 3. The van der Waals surface area contributed by atoms with Crippen LogP contribution in [0, 0.1) is 11.8 Å². The number of aliphatic carboxylic acids is 1. The van der Waals surface area contributed by atoms with E-state index in [4.69, 9.17) is 16.3 Å². The highest BCUT2D eigenvalue weighted by molar-refractivity contribution is 6.33. The number of rotatable bonds is 7. The van der Waals surface area contributed by atoms with Crippen molar-refractivity contribution in [3.05, 3.63) is 70.8 Å². The van der Waals surface area contributed by atoms with E-state index >= 15 is 0 Å². The van der Waals surface area contributed by atoms with Crippen LogP contribution in [0.2, 0.25) is 5.02 Å². The number of ether oxygens (including phenoxy) is 1. The van der Waals surface area contributed by atoms with Crippen molar-refractivity contribution in [1.82, 2.24) is 0 Å². The third-order valence-electron chi connectivity index (χ3n) is 5.38. The minimum atomic E-state index is -4.63. The molecule has 2 aromatic rings. The summed E-state index contributed by atoms with van der Waals surface area (Å²) in [4.78, 5) is 48.1. The van der Waals surface area contributed by atoms with E-state index in [0.29, 0.717) is 18.2 Å². The van der Waals surface area contributed by atoms with E-state index in [-0.39, 0.29) is 22.7 Å². The molecule has 0 unspecified atom stereocenters. The fraction of sp³-hybridized carbons (Fsp3) is 0.250. The number of esters is 1. The van der Waals surface area contributed by atoms with Crippen LogP contribution in [0.25, 0.3) is 0 Å². The molecule has 190 valence electrons. The quantitative estimate of drug-likeness (QED) is 0.355. The third kappa shape index (κ3) is 6.85. The molecule has 8 nitrogen and oxygen atoms in total. The Morgan fingerprint density at radius 3 is 2.22 bits per heavy atom. The van der Waals surface area contributed by atoms with E-state index in [1.54, 1.807) is 12.2 Å². The highest BCUT2D eigenvalue weighted by Crippen LogP contribution is 2.34. The maximum atomic E-state index is 12.8. The normalized spacial score (nSPS) is 17.2. The molecule has 3 rings (SSSR count). The number of carbonyl (C=O) groups excluding carboxylic acids is 3. The molecular formula is C24H20ClF3N2O6. The Labute approximate surface area is 208 Å². The smallest absolute Gasteiger partial charge is 0.416 e. The number of anilines is 2. The van der Waals surface area contributed by atoms with Gasteiger partial charge in [0.25, 0.3) is 5.91 Å². The second kappa shape index (κ2) is 11.3. The van der Waals surface area contributed by atoms with Crippen LogP contribution in [0.15, 0.2) is 54.6 Å². The Balaban J connectivity index is 1.54. The summed E-state index contributed by atoms with van der Waals surface area (Å²) in [7, 11) is 0. The van der Waals surface area contributed by atoms with Crippen molar-refractivity contribution in [3.63, 3.8) is 0 Å². The number of allylic oxidation sites excluding steroid dienone is 2. The molecule has 1 aliphatic rings. The standard InChI is InChI=1S/C24H20ClF3N2O6/c25-18-10-7-14(24(26,27)28)11-19(18)30-20(31)12-36-23(35)13-5-8-15(9-6-13)29-21(32)16-3-1-2-4-17(16)22(33)34/h1-2,5-11,16-17H,3-4,12H2,(H,29,32)(H,30,31)(H,33,34)/t16-,17-/m0/s1. The SMILES string of the molecule is O=C(COC(=O)c1ccc(NC(=O)[C@H]2CC=CC[C@@H]2C(=O)O)cc1)Nc1cc(C(F)(F)F)ccc1Cl. The Bertz CT molecular complexity index is 1200. The lowest BCUT2D eigenvalue weighted by Gasteiger charge is -2.24. The van der Waals surface area contributed by atoms with Gasteiger partial charge in [-0.2, -0.15) is 13.2 Å². The molecule has 0 aliphatic heterocycles. The second-order valence-electron chi connectivity index (χ2n) is 7.88. The number of carboxylic acids is 1.